The van der Waals surface area contributed by atoms with Crippen molar-refractivity contribution in [1.82, 2.24) is 0 Å². The summed E-state index contributed by atoms with van der Waals surface area (Å²) in [5.41, 5.74) is 0. The molecule has 0 spiro atoms. The van der Waals surface area contributed by atoms with Crippen LogP contribution in [0.2, 0.25) is 0 Å². The van der Waals surface area contributed by atoms with Gasteiger partial charge in [-0.2, -0.15) is 0 Å². The van der Waals surface area contributed by atoms with Crippen molar-refractivity contribution < 1.29 is 37.9 Å². The van der Waals surface area contributed by atoms with Crippen LogP contribution in [0.5, 0.6) is 0 Å². The minimum atomic E-state index is -4.75. The van der Waals surface area contributed by atoms with Gasteiger partial charge >= 0.3 is 19.8 Å². The van der Waals surface area contributed by atoms with Crippen molar-refractivity contribution in [2.45, 2.75) is 226 Å². The van der Waals surface area contributed by atoms with Crippen LogP contribution in [0.4, 0.5) is 0 Å². The molecule has 0 aliphatic heterocycles. The number of esters is 2. The number of phosphoric acid groups is 1. The minimum Gasteiger partial charge on any atom is -0.462 e. The Morgan fingerprint density at radius 2 is 0.760 bits per heavy atom. The molecule has 9 heteroatoms. The van der Waals surface area contributed by atoms with E-state index in [1.54, 1.807) is 0 Å². The normalized spacial score (nSPS) is 12.6. The van der Waals surface area contributed by atoms with Crippen LogP contribution < -0.4 is 0 Å². The van der Waals surface area contributed by atoms with Gasteiger partial charge in [0.15, 0.2) is 6.10 Å². The second kappa shape index (κ2) is 35.1. The topological polar surface area (TPSA) is 119 Å². The summed E-state index contributed by atoms with van der Waals surface area (Å²) in [5.74, 6) is 0.775. The molecule has 0 saturated carbocycles. The lowest BCUT2D eigenvalue weighted by Crippen LogP contribution is -2.29. The van der Waals surface area contributed by atoms with E-state index in [2.05, 4.69) is 32.2 Å². The average molecular weight is 733 g/mol. The summed E-state index contributed by atoms with van der Waals surface area (Å²) in [6.45, 7) is 8.38. The molecule has 298 valence electrons. The number of phosphoric ester groups is 1. The van der Waals surface area contributed by atoms with Gasteiger partial charge in [-0.15, -0.1) is 0 Å². The van der Waals surface area contributed by atoms with E-state index < -0.39 is 32.5 Å². The fourth-order valence-electron chi connectivity index (χ4n) is 6.33. The quantitative estimate of drug-likeness (QED) is 0.0366. The largest absolute Gasteiger partial charge is 0.469 e. The molecular formula is C41H81O8P. The molecule has 8 nitrogen and oxygen atoms in total. The summed E-state index contributed by atoms with van der Waals surface area (Å²) >= 11 is 0. The molecule has 1 atom stereocenters. The zero-order chi connectivity index (χ0) is 37.1. The van der Waals surface area contributed by atoms with Crippen LogP contribution in [0.25, 0.3) is 0 Å². The fourth-order valence-corrected chi connectivity index (χ4v) is 6.69. The molecule has 0 fully saturated rings. The molecule has 0 saturated heterocycles. The van der Waals surface area contributed by atoms with Gasteiger partial charge in [0, 0.05) is 12.8 Å². The Kier molecular flexibility index (Phi) is 34.4. The highest BCUT2D eigenvalue weighted by atomic mass is 31.2. The van der Waals surface area contributed by atoms with Crippen molar-refractivity contribution in [2.24, 2.45) is 11.8 Å². The first-order valence-corrected chi connectivity index (χ1v) is 22.6. The standard InChI is InChI=1S/C41H81O8P/c1-37(2)31-27-23-19-15-11-8-6-5-7-9-13-17-21-25-29-33-40(42)47-35-39(36-48-50(44,45)46)49-41(43)34-30-26-22-18-14-10-12-16-20-24-28-32-38(3)4/h37-39H,5-36H2,1-4H3,(H2,44,45,46)/t39-/m1/s1. The van der Waals surface area contributed by atoms with Crippen LogP contribution >= 0.6 is 7.82 Å². The molecule has 0 aliphatic carbocycles. The van der Waals surface area contributed by atoms with Gasteiger partial charge in [-0.25, -0.2) is 4.57 Å². The summed E-state index contributed by atoms with van der Waals surface area (Å²) in [4.78, 5) is 42.8. The first-order chi connectivity index (χ1) is 24.0. The molecule has 0 bridgehead atoms. The van der Waals surface area contributed by atoms with E-state index in [1.165, 1.54) is 135 Å². The third kappa shape index (κ3) is 39.8. The molecule has 0 aromatic rings. The van der Waals surface area contributed by atoms with Crippen molar-refractivity contribution in [3.63, 3.8) is 0 Å². The lowest BCUT2D eigenvalue weighted by Gasteiger charge is -2.18. The van der Waals surface area contributed by atoms with E-state index in [-0.39, 0.29) is 19.4 Å². The molecule has 0 unspecified atom stereocenters. The first-order valence-electron chi connectivity index (χ1n) is 21.0. The van der Waals surface area contributed by atoms with E-state index in [0.717, 1.165) is 50.4 Å². The van der Waals surface area contributed by atoms with Gasteiger partial charge in [0.2, 0.25) is 0 Å². The van der Waals surface area contributed by atoms with Crippen LogP contribution in [0.15, 0.2) is 0 Å². The Balaban J connectivity index is 3.86. The number of hydrogen-bond acceptors (Lipinski definition) is 6. The maximum Gasteiger partial charge on any atom is 0.469 e. The smallest absolute Gasteiger partial charge is 0.462 e. The number of unbranched alkanes of at least 4 members (excludes halogenated alkanes) is 24. The van der Waals surface area contributed by atoms with Crippen molar-refractivity contribution in [1.29, 1.82) is 0 Å². The van der Waals surface area contributed by atoms with Crippen LogP contribution in [0, 0.1) is 11.8 Å². The molecule has 0 heterocycles. The zero-order valence-corrected chi connectivity index (χ0v) is 34.0. The SMILES string of the molecule is CC(C)CCCCCCCCCCCCCCCCCC(=O)OC[C@H](COP(=O)(O)O)OC(=O)CCCCCCCCCCCCCC(C)C. The highest BCUT2D eigenvalue weighted by Gasteiger charge is 2.23. The summed E-state index contributed by atoms with van der Waals surface area (Å²) in [6.07, 6.45) is 34.0. The number of ether oxygens (including phenoxy) is 2. The fraction of sp³-hybridized carbons (Fsp3) is 0.951. The lowest BCUT2D eigenvalue weighted by atomic mass is 10.0. The Morgan fingerprint density at radius 1 is 0.460 bits per heavy atom. The van der Waals surface area contributed by atoms with Crippen LogP contribution in [0.1, 0.15) is 220 Å². The number of rotatable bonds is 38. The summed E-state index contributed by atoms with van der Waals surface area (Å²) in [6, 6.07) is 0. The predicted molar refractivity (Wildman–Crippen MR) is 207 cm³/mol. The zero-order valence-electron chi connectivity index (χ0n) is 33.2. The Labute approximate surface area is 308 Å². The first kappa shape index (κ1) is 49.0. The monoisotopic (exact) mass is 733 g/mol. The molecule has 50 heavy (non-hydrogen) atoms. The molecule has 0 amide bonds. The molecule has 0 rings (SSSR count). The average Bonchev–Trinajstić information content (AvgIpc) is 3.05. The molecule has 0 aromatic carbocycles. The van der Waals surface area contributed by atoms with E-state index in [9.17, 15) is 14.2 Å². The minimum absolute atomic E-state index is 0.218. The lowest BCUT2D eigenvalue weighted by molar-refractivity contribution is -0.161. The highest BCUT2D eigenvalue weighted by Crippen LogP contribution is 2.36. The van der Waals surface area contributed by atoms with Gasteiger partial charge in [0.25, 0.3) is 0 Å². The Bertz CT molecular complexity index is 812. The second-order valence-corrected chi connectivity index (χ2v) is 16.9. The van der Waals surface area contributed by atoms with Crippen molar-refractivity contribution in [3.8, 4) is 0 Å². The third-order valence-corrected chi connectivity index (χ3v) is 9.97. The van der Waals surface area contributed by atoms with E-state index in [4.69, 9.17) is 19.3 Å². The van der Waals surface area contributed by atoms with Crippen LogP contribution in [0.3, 0.4) is 0 Å². The molecule has 0 aromatic heterocycles. The molecule has 0 radical (unpaired) electrons. The summed E-state index contributed by atoms with van der Waals surface area (Å²) in [5, 5.41) is 0. The van der Waals surface area contributed by atoms with Gasteiger partial charge in [0.1, 0.15) is 6.61 Å². The van der Waals surface area contributed by atoms with Gasteiger partial charge in [-0.3, -0.25) is 14.1 Å². The molecule has 2 N–H and O–H groups in total. The van der Waals surface area contributed by atoms with E-state index in [1.807, 2.05) is 0 Å². The maximum absolute atomic E-state index is 12.4. The number of carbonyl (C=O) groups excluding carboxylic acids is 2. The summed E-state index contributed by atoms with van der Waals surface area (Å²) < 4.78 is 26.4. The van der Waals surface area contributed by atoms with Crippen molar-refractivity contribution in [3.05, 3.63) is 0 Å². The van der Waals surface area contributed by atoms with Gasteiger partial charge in [0.05, 0.1) is 6.61 Å². The van der Waals surface area contributed by atoms with Gasteiger partial charge in [-0.05, 0) is 24.7 Å². The van der Waals surface area contributed by atoms with Crippen LogP contribution in [-0.4, -0.2) is 41.0 Å². The van der Waals surface area contributed by atoms with Gasteiger partial charge in [-0.1, -0.05) is 195 Å². The van der Waals surface area contributed by atoms with E-state index >= 15 is 0 Å². The number of hydrogen-bond donors (Lipinski definition) is 2. The molecule has 0 aliphatic rings. The van der Waals surface area contributed by atoms with Crippen LogP contribution in [-0.2, 0) is 28.2 Å². The Morgan fingerprint density at radius 3 is 1.08 bits per heavy atom. The maximum atomic E-state index is 12.4. The second-order valence-electron chi connectivity index (χ2n) is 15.6. The number of carbonyl (C=O) groups is 2. The van der Waals surface area contributed by atoms with Crippen molar-refractivity contribution >= 4 is 19.8 Å². The predicted octanol–water partition coefficient (Wildman–Crippen LogP) is 12.6. The molecular weight excluding hydrogens is 651 g/mol. The Hall–Kier alpha value is -0.950. The summed E-state index contributed by atoms with van der Waals surface area (Å²) in [7, 11) is -4.75. The van der Waals surface area contributed by atoms with Gasteiger partial charge < -0.3 is 19.3 Å². The van der Waals surface area contributed by atoms with Crippen molar-refractivity contribution in [2.75, 3.05) is 13.2 Å². The highest BCUT2D eigenvalue weighted by molar-refractivity contribution is 7.46. The van der Waals surface area contributed by atoms with E-state index in [0.29, 0.717) is 6.42 Å². The third-order valence-electron chi connectivity index (χ3n) is 9.48.